The zero-order valence-electron chi connectivity index (χ0n) is 6.81. The van der Waals surface area contributed by atoms with Gasteiger partial charge in [0.1, 0.15) is 5.94 Å². The van der Waals surface area contributed by atoms with Gasteiger partial charge in [-0.1, -0.05) is 0 Å². The molecule has 2 heteroatoms. The zero-order chi connectivity index (χ0) is 7.98. The minimum atomic E-state index is 0.239. The van der Waals surface area contributed by atoms with E-state index in [0.29, 0.717) is 0 Å². The van der Waals surface area contributed by atoms with Crippen LogP contribution in [0.4, 0.5) is 0 Å². The van der Waals surface area contributed by atoms with Gasteiger partial charge in [0.15, 0.2) is 0 Å². The van der Waals surface area contributed by atoms with Gasteiger partial charge in [-0.2, -0.15) is 0 Å². The maximum atomic E-state index is 10.0. The molecule has 0 saturated heterocycles. The molecular formula is C8H14O2. The third kappa shape index (κ3) is 4.30. The van der Waals surface area contributed by atoms with E-state index in [2.05, 4.69) is 0 Å². The van der Waals surface area contributed by atoms with Gasteiger partial charge in [-0.15, -0.1) is 0 Å². The topological polar surface area (TPSA) is 26.3 Å². The number of methoxy groups -OCH3 is 1. The van der Waals surface area contributed by atoms with Crippen molar-refractivity contribution in [2.75, 3.05) is 7.11 Å². The number of allylic oxidation sites excluding steroid dienone is 1. The Balaban J connectivity index is 3.45. The van der Waals surface area contributed by atoms with Crippen molar-refractivity contribution >= 4 is 5.94 Å². The van der Waals surface area contributed by atoms with E-state index in [9.17, 15) is 4.79 Å². The largest absolute Gasteiger partial charge is 0.382 e. The molecule has 0 spiro atoms. The number of hydrogen-bond donors (Lipinski definition) is 0. The average Bonchev–Trinajstić information content (AvgIpc) is 1.99. The fraction of sp³-hybridized carbons (Fsp3) is 0.750. The van der Waals surface area contributed by atoms with Crippen molar-refractivity contribution in [2.24, 2.45) is 0 Å². The predicted molar refractivity (Wildman–Crippen MR) is 40.6 cm³/mol. The highest BCUT2D eigenvalue weighted by atomic mass is 16.5. The highest BCUT2D eigenvalue weighted by Gasteiger charge is 1.98. The van der Waals surface area contributed by atoms with Crippen LogP contribution >= 0.6 is 0 Å². The molecule has 0 saturated carbocycles. The van der Waals surface area contributed by atoms with Gasteiger partial charge in [-0.3, -0.25) is 0 Å². The molecule has 1 unspecified atom stereocenters. The van der Waals surface area contributed by atoms with E-state index in [1.807, 2.05) is 12.9 Å². The van der Waals surface area contributed by atoms with Gasteiger partial charge in [0, 0.05) is 12.7 Å². The molecule has 0 fully saturated rings. The molecule has 0 bridgehead atoms. The van der Waals surface area contributed by atoms with Gasteiger partial charge in [0.05, 0.1) is 6.10 Å². The summed E-state index contributed by atoms with van der Waals surface area (Å²) in [7, 11) is 1.67. The Bertz CT molecular complexity index is 134. The van der Waals surface area contributed by atoms with E-state index in [4.69, 9.17) is 4.74 Å². The third-order valence-corrected chi connectivity index (χ3v) is 1.50. The van der Waals surface area contributed by atoms with Crippen molar-refractivity contribution in [1.82, 2.24) is 0 Å². The van der Waals surface area contributed by atoms with E-state index < -0.39 is 0 Å². The number of ether oxygens (including phenoxy) is 1. The maximum Gasteiger partial charge on any atom is 0.123 e. The van der Waals surface area contributed by atoms with E-state index in [1.54, 1.807) is 14.0 Å². The van der Waals surface area contributed by atoms with Crippen LogP contribution in [-0.4, -0.2) is 19.2 Å². The first-order valence-corrected chi connectivity index (χ1v) is 3.44. The van der Waals surface area contributed by atoms with Crippen LogP contribution in [0, 0.1) is 0 Å². The van der Waals surface area contributed by atoms with Crippen LogP contribution in [0.1, 0.15) is 26.7 Å². The van der Waals surface area contributed by atoms with E-state index in [-0.39, 0.29) is 6.10 Å². The summed E-state index contributed by atoms with van der Waals surface area (Å²) in [6.07, 6.45) is 1.93. The molecule has 0 radical (unpaired) electrons. The Hall–Kier alpha value is -0.590. The zero-order valence-corrected chi connectivity index (χ0v) is 6.81. The van der Waals surface area contributed by atoms with Crippen molar-refractivity contribution in [3.8, 4) is 0 Å². The molecule has 0 aromatic carbocycles. The van der Waals surface area contributed by atoms with Gasteiger partial charge < -0.3 is 4.74 Å². The number of carbonyl (C=O) groups excluding carboxylic acids is 1. The summed E-state index contributed by atoms with van der Waals surface area (Å²) >= 11 is 0. The first-order chi connectivity index (χ1) is 4.70. The molecule has 0 rings (SSSR count). The van der Waals surface area contributed by atoms with E-state index >= 15 is 0 Å². The minimum Gasteiger partial charge on any atom is -0.382 e. The summed E-state index contributed by atoms with van der Waals surface area (Å²) in [5.41, 5.74) is 0.768. The Kier molecular flexibility index (Phi) is 4.91. The van der Waals surface area contributed by atoms with Crippen molar-refractivity contribution in [2.45, 2.75) is 32.8 Å². The number of rotatable bonds is 4. The van der Waals surface area contributed by atoms with Crippen molar-refractivity contribution in [3.05, 3.63) is 5.57 Å². The lowest BCUT2D eigenvalue weighted by atomic mass is 10.1. The van der Waals surface area contributed by atoms with Crippen LogP contribution in [-0.2, 0) is 9.53 Å². The summed E-state index contributed by atoms with van der Waals surface area (Å²) in [4.78, 5) is 10.0. The van der Waals surface area contributed by atoms with Crippen molar-refractivity contribution < 1.29 is 9.53 Å². The molecule has 2 nitrogen and oxygen atoms in total. The summed E-state index contributed by atoms with van der Waals surface area (Å²) < 4.78 is 5.00. The van der Waals surface area contributed by atoms with Crippen LogP contribution in [0.3, 0.4) is 0 Å². The van der Waals surface area contributed by atoms with Crippen LogP contribution in [0.15, 0.2) is 5.57 Å². The smallest absolute Gasteiger partial charge is 0.123 e. The average molecular weight is 142 g/mol. The summed E-state index contributed by atoms with van der Waals surface area (Å²) in [5.74, 6) is 1.86. The van der Waals surface area contributed by atoms with E-state index in [1.165, 1.54) is 0 Å². The van der Waals surface area contributed by atoms with Gasteiger partial charge >= 0.3 is 0 Å². The first-order valence-electron chi connectivity index (χ1n) is 3.44. The van der Waals surface area contributed by atoms with Gasteiger partial charge in [-0.05, 0) is 26.7 Å². The fourth-order valence-electron chi connectivity index (χ4n) is 0.589. The Morgan fingerprint density at radius 2 is 2.30 bits per heavy atom. The van der Waals surface area contributed by atoms with Gasteiger partial charge in [0.25, 0.3) is 0 Å². The second kappa shape index (κ2) is 5.21. The Morgan fingerprint density at radius 1 is 1.70 bits per heavy atom. The molecule has 0 N–H and O–H groups in total. The normalized spacial score (nSPS) is 12.3. The molecule has 0 aliphatic carbocycles. The molecule has 10 heavy (non-hydrogen) atoms. The molecular weight excluding hydrogens is 128 g/mol. The monoisotopic (exact) mass is 142 g/mol. The Labute approximate surface area is 61.9 Å². The highest BCUT2D eigenvalue weighted by molar-refractivity contribution is 5.50. The lowest BCUT2D eigenvalue weighted by Crippen LogP contribution is -2.03. The highest BCUT2D eigenvalue weighted by Crippen LogP contribution is 2.04. The molecule has 0 aromatic rings. The van der Waals surface area contributed by atoms with Crippen LogP contribution in [0.2, 0.25) is 0 Å². The van der Waals surface area contributed by atoms with Crippen molar-refractivity contribution in [1.29, 1.82) is 0 Å². The minimum absolute atomic E-state index is 0.239. The molecule has 0 aliphatic rings. The molecule has 58 valence electrons. The molecule has 0 aliphatic heterocycles. The summed E-state index contributed by atoms with van der Waals surface area (Å²) in [5, 5.41) is 0. The standard InChI is InChI=1S/C8H14O2/c1-7(6-9)4-5-8(2)10-3/h8H,4-5H2,1-3H3. The SMILES string of the molecule is COC(C)CCC(C)=C=O. The third-order valence-electron chi connectivity index (χ3n) is 1.50. The fourth-order valence-corrected chi connectivity index (χ4v) is 0.589. The molecule has 1 atom stereocenters. The maximum absolute atomic E-state index is 10.0. The lowest BCUT2D eigenvalue weighted by Gasteiger charge is -2.06. The summed E-state index contributed by atoms with van der Waals surface area (Å²) in [6.45, 7) is 3.77. The molecule has 0 aromatic heterocycles. The Morgan fingerprint density at radius 3 is 2.70 bits per heavy atom. The van der Waals surface area contributed by atoms with Crippen molar-refractivity contribution in [3.63, 3.8) is 0 Å². The van der Waals surface area contributed by atoms with Gasteiger partial charge in [-0.25, -0.2) is 4.79 Å². The quantitative estimate of drug-likeness (QED) is 0.557. The second-order valence-electron chi connectivity index (χ2n) is 2.47. The van der Waals surface area contributed by atoms with Crippen LogP contribution in [0.25, 0.3) is 0 Å². The predicted octanol–water partition coefficient (Wildman–Crippen LogP) is 1.58. The lowest BCUT2D eigenvalue weighted by molar-refractivity contribution is 0.111. The second-order valence-corrected chi connectivity index (χ2v) is 2.47. The molecule has 0 heterocycles. The summed E-state index contributed by atoms with van der Waals surface area (Å²) in [6, 6.07) is 0. The first kappa shape index (κ1) is 9.41. The molecule has 0 amide bonds. The van der Waals surface area contributed by atoms with Crippen LogP contribution < -0.4 is 0 Å². The van der Waals surface area contributed by atoms with E-state index in [0.717, 1.165) is 18.4 Å². The van der Waals surface area contributed by atoms with Crippen LogP contribution in [0.5, 0.6) is 0 Å². The van der Waals surface area contributed by atoms with Gasteiger partial charge in [0.2, 0.25) is 0 Å². The number of hydrogen-bond acceptors (Lipinski definition) is 2.